The van der Waals surface area contributed by atoms with Gasteiger partial charge in [0.2, 0.25) is 11.8 Å². The van der Waals surface area contributed by atoms with Gasteiger partial charge in [0.05, 0.1) is 6.33 Å². The first kappa shape index (κ1) is 29.1. The molecule has 1 heterocycles. The van der Waals surface area contributed by atoms with Gasteiger partial charge in [-0.15, -0.1) is 0 Å². The van der Waals surface area contributed by atoms with E-state index in [2.05, 4.69) is 20.6 Å². The number of carbonyl (C=O) groups excluding carboxylic acids is 2. The molecular weight excluding hydrogens is 327 g/mol. The number of hydrogen-bond acceptors (Lipinski definition) is 7. The zero-order chi connectivity index (χ0) is 14.3. The van der Waals surface area contributed by atoms with Crippen molar-refractivity contribution in [2.24, 2.45) is 0 Å². The van der Waals surface area contributed by atoms with Crippen molar-refractivity contribution in [3.8, 4) is 0 Å². The third-order valence-corrected chi connectivity index (χ3v) is 2.34. The van der Waals surface area contributed by atoms with Crippen molar-refractivity contribution >= 4 is 35.1 Å². The summed E-state index contributed by atoms with van der Waals surface area (Å²) < 4.78 is 0. The van der Waals surface area contributed by atoms with E-state index in [1.54, 1.807) is 0 Å². The number of carboxylic acid groups (broad SMARTS) is 1. The molecule has 1 rings (SSSR count). The Hall–Kier alpha value is -1.97. The zero-order valence-electron chi connectivity index (χ0n) is 12.4. The minimum atomic E-state index is -1.12. The average molecular weight is 346 g/mol. The number of aromatic nitrogens is 2. The number of nitrogens with one attached hydrogen (secondary N) is 3. The Morgan fingerprint density at radius 2 is 1.91 bits per heavy atom. The Morgan fingerprint density at radius 1 is 1.30 bits per heavy atom. The van der Waals surface area contributed by atoms with Crippen molar-refractivity contribution in [1.82, 2.24) is 20.6 Å². The maximum absolute atomic E-state index is 11.5. The van der Waals surface area contributed by atoms with Crippen LogP contribution >= 0.6 is 0 Å². The van der Waals surface area contributed by atoms with Crippen LogP contribution in [0.2, 0.25) is 0 Å². The molecular formula is C11H19AlN4O7. The number of nitrogens with zero attached hydrogens (tertiary/aromatic N) is 1. The van der Waals surface area contributed by atoms with Gasteiger partial charge in [0, 0.05) is 38.2 Å². The molecule has 23 heavy (non-hydrogen) atoms. The maximum Gasteiger partial charge on any atom is 3.00 e. The summed E-state index contributed by atoms with van der Waals surface area (Å²) >= 11 is 0. The van der Waals surface area contributed by atoms with Gasteiger partial charge in [-0.05, 0) is 0 Å². The molecule has 0 saturated carbocycles. The molecule has 2 amide bonds. The van der Waals surface area contributed by atoms with Crippen molar-refractivity contribution in [2.75, 3.05) is 6.54 Å². The van der Waals surface area contributed by atoms with Crippen molar-refractivity contribution in [2.45, 2.75) is 25.8 Å². The predicted octanol–water partition coefficient (Wildman–Crippen LogP) is -1.86. The fourth-order valence-electron chi connectivity index (χ4n) is 1.43. The van der Waals surface area contributed by atoms with Crippen LogP contribution in [-0.2, 0) is 20.8 Å². The van der Waals surface area contributed by atoms with Gasteiger partial charge in [-0.1, -0.05) is 0 Å². The molecule has 128 valence electrons. The third kappa shape index (κ3) is 12.3. The van der Waals surface area contributed by atoms with Crippen LogP contribution in [0.5, 0.6) is 0 Å². The van der Waals surface area contributed by atoms with Crippen LogP contribution in [-0.4, -0.2) is 79.2 Å². The number of amides is 2. The van der Waals surface area contributed by atoms with Crippen LogP contribution in [0, 0.1) is 0 Å². The first-order valence-corrected chi connectivity index (χ1v) is 5.73. The van der Waals surface area contributed by atoms with Gasteiger partial charge in [0.15, 0.2) is 0 Å². The molecule has 0 aliphatic carbocycles. The van der Waals surface area contributed by atoms with Crippen LogP contribution in [0.4, 0.5) is 0 Å². The van der Waals surface area contributed by atoms with E-state index in [1.165, 1.54) is 19.4 Å². The van der Waals surface area contributed by atoms with E-state index in [0.717, 1.165) is 0 Å². The van der Waals surface area contributed by atoms with E-state index in [4.69, 9.17) is 5.11 Å². The number of carboxylic acids is 1. The summed E-state index contributed by atoms with van der Waals surface area (Å²) in [7, 11) is 0. The Kier molecular flexibility index (Phi) is 18.9. The quantitative estimate of drug-likeness (QED) is 0.409. The molecule has 1 aromatic rings. The number of imidazole rings is 1. The molecule has 0 bridgehead atoms. The molecule has 0 aromatic carbocycles. The summed E-state index contributed by atoms with van der Waals surface area (Å²) in [4.78, 5) is 39.7. The largest absolute Gasteiger partial charge is 3.00 e. The van der Waals surface area contributed by atoms with E-state index in [1.807, 2.05) is 0 Å². The molecule has 1 atom stereocenters. The third-order valence-electron chi connectivity index (χ3n) is 2.34. The van der Waals surface area contributed by atoms with Crippen LogP contribution < -0.4 is 10.6 Å². The van der Waals surface area contributed by atoms with Crippen LogP contribution in [0.25, 0.3) is 0 Å². The molecule has 12 heteroatoms. The van der Waals surface area contributed by atoms with Crippen molar-refractivity contribution < 1.29 is 35.9 Å². The normalized spacial score (nSPS) is 9.61. The Balaban J connectivity index is -0.000000451. The first-order chi connectivity index (χ1) is 8.99. The van der Waals surface area contributed by atoms with Gasteiger partial charge in [-0.3, -0.25) is 9.59 Å². The number of H-pyrrole nitrogens is 1. The summed E-state index contributed by atoms with van der Waals surface area (Å²) in [5.41, 5.74) is 0.620. The zero-order valence-corrected chi connectivity index (χ0v) is 13.5. The molecule has 0 fully saturated rings. The molecule has 11 nitrogen and oxygen atoms in total. The van der Waals surface area contributed by atoms with E-state index in [-0.39, 0.29) is 59.1 Å². The second-order valence-electron chi connectivity index (χ2n) is 3.97. The van der Waals surface area contributed by atoms with E-state index in [0.29, 0.717) is 5.69 Å². The summed E-state index contributed by atoms with van der Waals surface area (Å²) in [6.45, 7) is 1.52. The number of hydrogen-bond donors (Lipinski definition) is 4. The van der Waals surface area contributed by atoms with Crippen LogP contribution in [0.3, 0.4) is 0 Å². The fraction of sp³-hybridized carbons (Fsp3) is 0.455. The van der Waals surface area contributed by atoms with Gasteiger partial charge in [0.25, 0.3) is 0 Å². The summed E-state index contributed by atoms with van der Waals surface area (Å²) in [5, 5.41) is 13.9. The van der Waals surface area contributed by atoms with Crippen molar-refractivity contribution in [3.63, 3.8) is 0 Å². The summed E-state index contributed by atoms with van der Waals surface area (Å²) in [5.74, 6) is -1.79. The topological polar surface area (TPSA) is 214 Å². The Bertz CT molecular complexity index is 455. The van der Waals surface area contributed by atoms with Gasteiger partial charge in [-0.25, -0.2) is 9.78 Å². The number of aliphatic carboxylic acids is 1. The maximum atomic E-state index is 11.5. The molecule has 0 radical (unpaired) electrons. The fourth-order valence-corrected chi connectivity index (χ4v) is 1.43. The van der Waals surface area contributed by atoms with E-state index < -0.39 is 17.9 Å². The second kappa shape index (κ2) is 14.9. The van der Waals surface area contributed by atoms with E-state index >= 15 is 0 Å². The molecule has 1 aromatic heterocycles. The summed E-state index contributed by atoms with van der Waals surface area (Å²) in [6.07, 6.45) is 3.10. The van der Waals surface area contributed by atoms with Crippen LogP contribution in [0.1, 0.15) is 19.0 Å². The summed E-state index contributed by atoms with van der Waals surface area (Å²) in [6, 6.07) is -1.02. The minimum absolute atomic E-state index is 0. The first-order valence-electron chi connectivity index (χ1n) is 5.73. The van der Waals surface area contributed by atoms with Gasteiger partial charge in [-0.2, -0.15) is 0 Å². The SMILES string of the molecule is CC(=O)NCCC(=O)NC(Cc1cnc[nH]1)C(=O)O.[Al+3].[OH-].[OH-].[OH-]. The minimum Gasteiger partial charge on any atom is -0.870 e. The molecule has 0 aliphatic heterocycles. The molecule has 0 saturated heterocycles. The molecule has 1 unspecified atom stereocenters. The van der Waals surface area contributed by atoms with E-state index in [9.17, 15) is 14.4 Å². The standard InChI is InChI=1S/C11H16N4O4.Al.3H2O/c1-7(16)13-3-2-10(17)15-9(11(18)19)4-8-5-12-6-14-8;;;;/h5-6,9H,2-4H2,1H3,(H,12,14)(H,13,16)(H,15,17)(H,18,19);;3*1H2/q;+3;;;/p-3. The number of aromatic amines is 1. The molecule has 0 spiro atoms. The van der Waals surface area contributed by atoms with Crippen LogP contribution in [0.15, 0.2) is 12.5 Å². The smallest absolute Gasteiger partial charge is 0.870 e. The molecule has 7 N–H and O–H groups in total. The number of rotatable bonds is 7. The number of carbonyl (C=O) groups is 3. The monoisotopic (exact) mass is 346 g/mol. The predicted molar refractivity (Wildman–Crippen MR) is 76.7 cm³/mol. The van der Waals surface area contributed by atoms with Crippen molar-refractivity contribution in [3.05, 3.63) is 18.2 Å². The average Bonchev–Trinajstić information content (AvgIpc) is 2.80. The molecule has 0 aliphatic rings. The van der Waals surface area contributed by atoms with Gasteiger partial charge in [0.1, 0.15) is 6.04 Å². The second-order valence-corrected chi connectivity index (χ2v) is 3.97. The van der Waals surface area contributed by atoms with Gasteiger partial charge >= 0.3 is 23.3 Å². The van der Waals surface area contributed by atoms with Crippen molar-refractivity contribution in [1.29, 1.82) is 0 Å². The Labute approximate surface area is 142 Å². The Morgan fingerprint density at radius 3 is 2.35 bits per heavy atom. The van der Waals surface area contributed by atoms with Gasteiger partial charge < -0.3 is 37.2 Å².